The van der Waals surface area contributed by atoms with Gasteiger partial charge in [-0.15, -0.1) is 0 Å². The van der Waals surface area contributed by atoms with Crippen LogP contribution in [0.1, 0.15) is 31.4 Å². The number of nitrogen functional groups attached to an aromatic ring is 1. The fourth-order valence-corrected chi connectivity index (χ4v) is 1.83. The molecule has 1 aromatic carbocycles. The van der Waals surface area contributed by atoms with Crippen LogP contribution in [0.3, 0.4) is 0 Å². The van der Waals surface area contributed by atoms with E-state index in [1.165, 1.54) is 12.8 Å². The number of carbonyl (C=O) groups excluding carboxylic acids is 1. The Morgan fingerprint density at radius 2 is 2.00 bits per heavy atom. The molecule has 1 saturated carbocycles. The van der Waals surface area contributed by atoms with Crippen molar-refractivity contribution in [2.45, 2.75) is 25.8 Å². The van der Waals surface area contributed by atoms with Crippen LogP contribution in [0.25, 0.3) is 0 Å². The lowest BCUT2D eigenvalue weighted by molar-refractivity contribution is -0.119. The van der Waals surface area contributed by atoms with Crippen molar-refractivity contribution in [3.63, 3.8) is 0 Å². The Hall–Kier alpha value is -1.51. The second-order valence-corrected chi connectivity index (χ2v) is 4.18. The molecule has 3 heteroatoms. The maximum absolute atomic E-state index is 11.1. The predicted molar refractivity (Wildman–Crippen MR) is 60.1 cm³/mol. The minimum absolute atomic E-state index is 0.0312. The average molecular weight is 204 g/mol. The zero-order valence-corrected chi connectivity index (χ0v) is 8.86. The number of anilines is 1. The Labute approximate surface area is 89.7 Å². The van der Waals surface area contributed by atoms with Gasteiger partial charge in [0.25, 0.3) is 0 Å². The summed E-state index contributed by atoms with van der Waals surface area (Å²) in [5.41, 5.74) is 7.55. The third-order valence-electron chi connectivity index (χ3n) is 2.75. The van der Waals surface area contributed by atoms with Gasteiger partial charge in [-0.05, 0) is 36.5 Å². The Balaban J connectivity index is 2.16. The first-order chi connectivity index (χ1) is 7.16. The summed E-state index contributed by atoms with van der Waals surface area (Å²) < 4.78 is 0. The van der Waals surface area contributed by atoms with E-state index >= 15 is 0 Å². The maximum atomic E-state index is 11.1. The monoisotopic (exact) mass is 204 g/mol. The molecule has 3 nitrogen and oxygen atoms in total. The summed E-state index contributed by atoms with van der Waals surface area (Å²) in [6.07, 6.45) is 2.41. The van der Waals surface area contributed by atoms with Gasteiger partial charge in [-0.25, -0.2) is 0 Å². The second kappa shape index (κ2) is 3.93. The third kappa shape index (κ3) is 2.49. The van der Waals surface area contributed by atoms with E-state index in [0.717, 1.165) is 11.3 Å². The first-order valence-corrected chi connectivity index (χ1v) is 5.29. The number of nitrogens with one attached hydrogen (secondary N) is 1. The molecule has 15 heavy (non-hydrogen) atoms. The van der Waals surface area contributed by atoms with Crippen molar-refractivity contribution in [3.05, 3.63) is 29.8 Å². The van der Waals surface area contributed by atoms with Crippen molar-refractivity contribution in [1.82, 2.24) is 5.32 Å². The quantitative estimate of drug-likeness (QED) is 0.738. The van der Waals surface area contributed by atoms with Gasteiger partial charge in [0.15, 0.2) is 0 Å². The van der Waals surface area contributed by atoms with Gasteiger partial charge < -0.3 is 11.1 Å². The van der Waals surface area contributed by atoms with Crippen LogP contribution in [0.2, 0.25) is 0 Å². The molecule has 0 radical (unpaired) electrons. The Morgan fingerprint density at radius 3 is 2.47 bits per heavy atom. The number of rotatable bonds is 3. The molecule has 1 aromatic rings. The van der Waals surface area contributed by atoms with Gasteiger partial charge in [-0.3, -0.25) is 4.79 Å². The van der Waals surface area contributed by atoms with Crippen molar-refractivity contribution in [2.75, 3.05) is 5.73 Å². The molecular weight excluding hydrogens is 188 g/mol. The lowest BCUT2D eigenvalue weighted by Crippen LogP contribution is -2.27. The molecule has 1 unspecified atom stereocenters. The van der Waals surface area contributed by atoms with Gasteiger partial charge in [-0.2, -0.15) is 0 Å². The highest BCUT2D eigenvalue weighted by Gasteiger charge is 2.32. The Morgan fingerprint density at radius 1 is 1.40 bits per heavy atom. The molecular formula is C12H16N2O. The van der Waals surface area contributed by atoms with E-state index in [1.807, 2.05) is 24.3 Å². The Kier molecular flexibility index (Phi) is 2.62. The van der Waals surface area contributed by atoms with E-state index in [2.05, 4.69) is 5.32 Å². The normalized spacial score (nSPS) is 17.1. The molecule has 1 aliphatic carbocycles. The van der Waals surface area contributed by atoms with Crippen molar-refractivity contribution in [3.8, 4) is 0 Å². The first kappa shape index (κ1) is 10.0. The molecule has 1 amide bonds. The molecule has 1 fully saturated rings. The number of amides is 1. The molecule has 0 heterocycles. The van der Waals surface area contributed by atoms with Gasteiger partial charge in [0.05, 0.1) is 6.04 Å². The largest absolute Gasteiger partial charge is 0.399 e. The van der Waals surface area contributed by atoms with Crippen LogP contribution in [0, 0.1) is 5.92 Å². The molecule has 1 aliphatic rings. The molecule has 2 rings (SSSR count). The highest BCUT2D eigenvalue weighted by atomic mass is 16.1. The maximum Gasteiger partial charge on any atom is 0.217 e. The summed E-state index contributed by atoms with van der Waals surface area (Å²) in [6.45, 7) is 1.56. The van der Waals surface area contributed by atoms with Gasteiger partial charge in [0, 0.05) is 12.6 Å². The van der Waals surface area contributed by atoms with Gasteiger partial charge >= 0.3 is 0 Å². The number of nitrogens with two attached hydrogens (primary N) is 1. The van der Waals surface area contributed by atoms with Crippen LogP contribution >= 0.6 is 0 Å². The SMILES string of the molecule is CC(=O)NC(c1ccc(N)cc1)C1CC1. The smallest absolute Gasteiger partial charge is 0.217 e. The van der Waals surface area contributed by atoms with E-state index in [0.29, 0.717) is 5.92 Å². The van der Waals surface area contributed by atoms with Crippen molar-refractivity contribution >= 4 is 11.6 Å². The molecule has 3 N–H and O–H groups in total. The third-order valence-corrected chi connectivity index (χ3v) is 2.75. The minimum atomic E-state index is 0.0312. The van der Waals surface area contributed by atoms with Crippen LogP contribution in [0.5, 0.6) is 0 Å². The summed E-state index contributed by atoms with van der Waals surface area (Å²) in [5.74, 6) is 0.640. The number of hydrogen-bond donors (Lipinski definition) is 2. The lowest BCUT2D eigenvalue weighted by Gasteiger charge is -2.17. The van der Waals surface area contributed by atoms with Crippen molar-refractivity contribution in [1.29, 1.82) is 0 Å². The summed E-state index contributed by atoms with van der Waals surface area (Å²) in [7, 11) is 0. The van der Waals surface area contributed by atoms with E-state index in [-0.39, 0.29) is 11.9 Å². The van der Waals surface area contributed by atoms with E-state index in [1.54, 1.807) is 6.92 Å². The average Bonchev–Trinajstić information content (AvgIpc) is 2.99. The summed E-state index contributed by atoms with van der Waals surface area (Å²) in [5, 5.41) is 3.00. The van der Waals surface area contributed by atoms with Crippen molar-refractivity contribution < 1.29 is 4.79 Å². The summed E-state index contributed by atoms with van der Waals surface area (Å²) >= 11 is 0. The van der Waals surface area contributed by atoms with Gasteiger partial charge in [-0.1, -0.05) is 12.1 Å². The minimum Gasteiger partial charge on any atom is -0.399 e. The highest BCUT2D eigenvalue weighted by molar-refractivity contribution is 5.73. The lowest BCUT2D eigenvalue weighted by atomic mass is 10.0. The zero-order valence-electron chi connectivity index (χ0n) is 8.86. The van der Waals surface area contributed by atoms with Gasteiger partial charge in [0.2, 0.25) is 5.91 Å². The summed E-state index contributed by atoms with van der Waals surface area (Å²) in [6, 6.07) is 7.92. The van der Waals surface area contributed by atoms with E-state index < -0.39 is 0 Å². The fraction of sp³-hybridized carbons (Fsp3) is 0.417. The first-order valence-electron chi connectivity index (χ1n) is 5.29. The number of carbonyl (C=O) groups is 1. The van der Waals surface area contributed by atoms with E-state index in [4.69, 9.17) is 5.73 Å². The van der Waals surface area contributed by atoms with Crippen LogP contribution in [0.4, 0.5) is 5.69 Å². The second-order valence-electron chi connectivity index (χ2n) is 4.18. The number of hydrogen-bond acceptors (Lipinski definition) is 2. The predicted octanol–water partition coefficient (Wildman–Crippen LogP) is 1.86. The van der Waals surface area contributed by atoms with Crippen LogP contribution in [-0.4, -0.2) is 5.91 Å². The van der Waals surface area contributed by atoms with Crippen LogP contribution < -0.4 is 11.1 Å². The standard InChI is InChI=1S/C12H16N2O/c1-8(15)14-12(9-2-3-9)10-4-6-11(13)7-5-10/h4-7,9,12H,2-3,13H2,1H3,(H,14,15). The topological polar surface area (TPSA) is 55.1 Å². The molecule has 80 valence electrons. The van der Waals surface area contributed by atoms with Crippen LogP contribution in [-0.2, 0) is 4.79 Å². The molecule has 0 aliphatic heterocycles. The van der Waals surface area contributed by atoms with E-state index in [9.17, 15) is 4.79 Å². The highest BCUT2D eigenvalue weighted by Crippen LogP contribution is 2.41. The fourth-order valence-electron chi connectivity index (χ4n) is 1.83. The van der Waals surface area contributed by atoms with Crippen molar-refractivity contribution in [2.24, 2.45) is 5.92 Å². The molecule has 0 spiro atoms. The van der Waals surface area contributed by atoms with Gasteiger partial charge in [0.1, 0.15) is 0 Å². The zero-order chi connectivity index (χ0) is 10.8. The molecule has 0 aromatic heterocycles. The summed E-state index contributed by atoms with van der Waals surface area (Å²) in [4.78, 5) is 11.1. The molecule has 0 saturated heterocycles. The molecule has 1 atom stereocenters. The Bertz CT molecular complexity index is 354. The number of benzene rings is 1. The molecule has 0 bridgehead atoms. The van der Waals surface area contributed by atoms with Crippen LogP contribution in [0.15, 0.2) is 24.3 Å².